The highest BCUT2D eigenvalue weighted by molar-refractivity contribution is 5.67. The summed E-state index contributed by atoms with van der Waals surface area (Å²) in [5.74, 6) is 5.18. The first-order chi connectivity index (χ1) is 16.7. The van der Waals surface area contributed by atoms with Crippen LogP contribution in [0.15, 0.2) is 11.6 Å². The Morgan fingerprint density at radius 2 is 1.89 bits per heavy atom. The number of fused-ring (bicyclic) bond motifs is 5. The first-order valence-electron chi connectivity index (χ1n) is 14.8. The molecule has 4 heteroatoms. The van der Waals surface area contributed by atoms with Gasteiger partial charge in [0.25, 0.3) is 0 Å². The molecule has 4 rings (SSSR count). The Labute approximate surface area is 215 Å². The van der Waals surface area contributed by atoms with Crippen LogP contribution in [-0.2, 0) is 9.47 Å². The number of methoxy groups -OCH3 is 1. The summed E-state index contributed by atoms with van der Waals surface area (Å²) in [5.41, 5.74) is 2.43. The molecular weight excluding hydrogens is 434 g/mol. The number of carbonyl (C=O) groups excluding carboxylic acids is 1. The molecule has 0 aromatic carbocycles. The SMILES string of the molecule is COCCNC(=O)O[C@@H]1CC[C@]2(C)C(=CCC3C4CCC(C(C)CCCC(C)C)[C@]4(C)CCC32)C1. The van der Waals surface area contributed by atoms with Gasteiger partial charge in [0, 0.05) is 20.1 Å². The predicted octanol–water partition coefficient (Wildman–Crippen LogP) is 7.77. The number of carbonyl (C=O) groups is 1. The highest BCUT2D eigenvalue weighted by Gasteiger charge is 2.59. The lowest BCUT2D eigenvalue weighted by Crippen LogP contribution is -2.51. The second kappa shape index (κ2) is 11.2. The fourth-order valence-corrected chi connectivity index (χ4v) is 9.20. The van der Waals surface area contributed by atoms with E-state index in [1.165, 1.54) is 51.4 Å². The molecule has 1 amide bonds. The minimum Gasteiger partial charge on any atom is -0.446 e. The van der Waals surface area contributed by atoms with Gasteiger partial charge >= 0.3 is 6.09 Å². The fraction of sp³-hybridized carbons (Fsp3) is 0.903. The van der Waals surface area contributed by atoms with Crippen LogP contribution < -0.4 is 5.32 Å². The molecule has 0 aromatic rings. The number of allylic oxidation sites excluding steroid dienone is 1. The molecular formula is C31H53NO3. The molecule has 0 spiro atoms. The molecule has 3 fully saturated rings. The van der Waals surface area contributed by atoms with Gasteiger partial charge in [-0.1, -0.05) is 65.5 Å². The van der Waals surface area contributed by atoms with Gasteiger partial charge in [0.05, 0.1) is 6.61 Å². The third-order valence-corrected chi connectivity index (χ3v) is 11.1. The molecule has 35 heavy (non-hydrogen) atoms. The average Bonchev–Trinajstić information content (AvgIpc) is 3.16. The van der Waals surface area contributed by atoms with Crippen molar-refractivity contribution in [2.24, 2.45) is 46.3 Å². The summed E-state index contributed by atoms with van der Waals surface area (Å²) in [5, 5.41) is 2.81. The Morgan fingerprint density at radius 3 is 2.63 bits per heavy atom. The zero-order chi connectivity index (χ0) is 25.2. The fourth-order valence-electron chi connectivity index (χ4n) is 9.20. The van der Waals surface area contributed by atoms with Crippen molar-refractivity contribution in [3.8, 4) is 0 Å². The van der Waals surface area contributed by atoms with E-state index in [2.05, 4.69) is 46.0 Å². The number of rotatable bonds is 9. The maximum absolute atomic E-state index is 12.2. The smallest absolute Gasteiger partial charge is 0.407 e. The van der Waals surface area contributed by atoms with Gasteiger partial charge in [-0.05, 0) is 91.3 Å². The van der Waals surface area contributed by atoms with Crippen molar-refractivity contribution < 1.29 is 14.3 Å². The molecule has 5 unspecified atom stereocenters. The second-order valence-corrected chi connectivity index (χ2v) is 13.5. The molecule has 200 valence electrons. The van der Waals surface area contributed by atoms with Gasteiger partial charge in [0.1, 0.15) is 6.10 Å². The highest BCUT2D eigenvalue weighted by atomic mass is 16.6. The van der Waals surface area contributed by atoms with Gasteiger partial charge in [0.15, 0.2) is 0 Å². The maximum Gasteiger partial charge on any atom is 0.407 e. The zero-order valence-corrected chi connectivity index (χ0v) is 23.5. The lowest BCUT2D eigenvalue weighted by atomic mass is 9.47. The lowest BCUT2D eigenvalue weighted by Gasteiger charge is -2.58. The van der Waals surface area contributed by atoms with Gasteiger partial charge in [-0.3, -0.25) is 0 Å². The van der Waals surface area contributed by atoms with Gasteiger partial charge in [-0.15, -0.1) is 0 Å². The minimum absolute atomic E-state index is 0.0184. The number of amides is 1. The number of alkyl carbamates (subject to hydrolysis) is 1. The standard InChI is InChI=1S/C31H53NO3/c1-21(2)8-7-9-22(3)26-12-13-27-25-11-10-23-20-24(35-29(33)32-18-19-34-6)14-16-30(23,4)28(25)15-17-31(26,27)5/h10,21-22,24-28H,7-9,11-20H2,1-6H3,(H,32,33)/t22?,24-,25?,26?,27?,28?,30-,31+/m1/s1. The van der Waals surface area contributed by atoms with Crippen LogP contribution in [0.2, 0.25) is 0 Å². The van der Waals surface area contributed by atoms with E-state index < -0.39 is 0 Å². The van der Waals surface area contributed by atoms with Crippen LogP contribution in [0.25, 0.3) is 0 Å². The van der Waals surface area contributed by atoms with E-state index in [0.29, 0.717) is 24.0 Å². The summed E-state index contributed by atoms with van der Waals surface area (Å²) in [4.78, 5) is 12.2. The monoisotopic (exact) mass is 487 g/mol. The van der Waals surface area contributed by atoms with Crippen LogP contribution in [0.3, 0.4) is 0 Å². The van der Waals surface area contributed by atoms with Crippen LogP contribution in [0.4, 0.5) is 4.79 Å². The predicted molar refractivity (Wildman–Crippen MR) is 143 cm³/mol. The topological polar surface area (TPSA) is 47.6 Å². The van der Waals surface area contributed by atoms with Crippen molar-refractivity contribution in [3.63, 3.8) is 0 Å². The molecule has 0 bridgehead atoms. The summed E-state index contributed by atoms with van der Waals surface area (Å²) in [6.45, 7) is 13.5. The Kier molecular flexibility index (Phi) is 8.61. The molecule has 0 saturated heterocycles. The van der Waals surface area contributed by atoms with E-state index in [0.717, 1.165) is 54.8 Å². The van der Waals surface area contributed by atoms with Crippen molar-refractivity contribution in [3.05, 3.63) is 11.6 Å². The Bertz CT molecular complexity index is 762. The quantitative estimate of drug-likeness (QED) is 0.267. The van der Waals surface area contributed by atoms with Crippen molar-refractivity contribution >= 4 is 6.09 Å². The number of hydrogen-bond donors (Lipinski definition) is 1. The summed E-state index contributed by atoms with van der Waals surface area (Å²) < 4.78 is 10.8. The number of ether oxygens (including phenoxy) is 2. The van der Waals surface area contributed by atoms with E-state index in [9.17, 15) is 4.79 Å². The molecule has 0 aliphatic heterocycles. The normalized spacial score (nSPS) is 39.3. The van der Waals surface area contributed by atoms with Gasteiger partial charge in [-0.25, -0.2) is 4.79 Å². The van der Waals surface area contributed by atoms with Crippen LogP contribution in [0, 0.1) is 46.3 Å². The molecule has 3 saturated carbocycles. The molecule has 4 nitrogen and oxygen atoms in total. The second-order valence-electron chi connectivity index (χ2n) is 13.5. The number of hydrogen-bond acceptors (Lipinski definition) is 3. The third kappa shape index (κ3) is 5.48. The molecule has 0 heterocycles. The van der Waals surface area contributed by atoms with E-state index >= 15 is 0 Å². The van der Waals surface area contributed by atoms with Gasteiger partial charge in [0.2, 0.25) is 0 Å². The van der Waals surface area contributed by atoms with Gasteiger partial charge in [-0.2, -0.15) is 0 Å². The van der Waals surface area contributed by atoms with E-state index in [1.807, 2.05) is 0 Å². The first-order valence-corrected chi connectivity index (χ1v) is 14.8. The summed E-state index contributed by atoms with van der Waals surface area (Å²) >= 11 is 0. The van der Waals surface area contributed by atoms with E-state index in [-0.39, 0.29) is 12.2 Å². The van der Waals surface area contributed by atoms with Crippen LogP contribution in [0.1, 0.15) is 105 Å². The zero-order valence-electron chi connectivity index (χ0n) is 23.5. The van der Waals surface area contributed by atoms with Crippen LogP contribution in [0.5, 0.6) is 0 Å². The first kappa shape index (κ1) is 27.0. The molecule has 0 radical (unpaired) electrons. The van der Waals surface area contributed by atoms with Crippen LogP contribution >= 0.6 is 0 Å². The Balaban J connectivity index is 1.39. The van der Waals surface area contributed by atoms with E-state index in [4.69, 9.17) is 9.47 Å². The summed E-state index contributed by atoms with van der Waals surface area (Å²) in [7, 11) is 1.64. The maximum atomic E-state index is 12.2. The lowest BCUT2D eigenvalue weighted by molar-refractivity contribution is -0.0581. The summed E-state index contributed by atoms with van der Waals surface area (Å²) in [6, 6.07) is 0. The van der Waals surface area contributed by atoms with Gasteiger partial charge < -0.3 is 14.8 Å². The molecule has 8 atom stereocenters. The molecule has 4 aliphatic rings. The molecule has 4 aliphatic carbocycles. The van der Waals surface area contributed by atoms with Crippen molar-refractivity contribution in [1.82, 2.24) is 5.32 Å². The third-order valence-electron chi connectivity index (χ3n) is 11.1. The average molecular weight is 488 g/mol. The summed E-state index contributed by atoms with van der Waals surface area (Å²) in [6.07, 6.45) is 16.6. The van der Waals surface area contributed by atoms with Crippen molar-refractivity contribution in [2.75, 3.05) is 20.3 Å². The largest absolute Gasteiger partial charge is 0.446 e. The van der Waals surface area contributed by atoms with E-state index in [1.54, 1.807) is 12.7 Å². The van der Waals surface area contributed by atoms with Crippen molar-refractivity contribution in [2.45, 2.75) is 111 Å². The van der Waals surface area contributed by atoms with Crippen molar-refractivity contribution in [1.29, 1.82) is 0 Å². The Hall–Kier alpha value is -1.03. The highest BCUT2D eigenvalue weighted by Crippen LogP contribution is 2.67. The number of nitrogens with one attached hydrogen (secondary N) is 1. The van der Waals surface area contributed by atoms with Crippen LogP contribution in [-0.4, -0.2) is 32.5 Å². The molecule has 0 aromatic heterocycles. The molecule has 1 N–H and O–H groups in total. The minimum atomic E-state index is -0.294. The Morgan fingerprint density at radius 1 is 1.09 bits per heavy atom.